The van der Waals surface area contributed by atoms with Crippen molar-refractivity contribution in [2.24, 2.45) is 5.41 Å². The van der Waals surface area contributed by atoms with Gasteiger partial charge in [0.15, 0.2) is 6.10 Å². The van der Waals surface area contributed by atoms with Crippen LogP contribution in [0.25, 0.3) is 0 Å². The van der Waals surface area contributed by atoms with Crippen LogP contribution in [0, 0.1) is 5.41 Å². The third-order valence-corrected chi connectivity index (χ3v) is 3.97. The maximum Gasteiger partial charge on any atom is 0.415 e. The largest absolute Gasteiger partial charge is 0.415 e. The fraction of sp³-hybridized carbons (Fsp3) is 0.571. The molecule has 1 aromatic rings. The Labute approximate surface area is 120 Å². The maximum absolute atomic E-state index is 12.4. The first-order chi connectivity index (χ1) is 9.11. The van der Waals surface area contributed by atoms with Gasteiger partial charge < -0.3 is 10.4 Å². The highest BCUT2D eigenvalue weighted by molar-refractivity contribution is 6.30. The Morgan fingerprint density at radius 2 is 2.10 bits per heavy atom. The van der Waals surface area contributed by atoms with Crippen molar-refractivity contribution in [1.29, 1.82) is 0 Å². The van der Waals surface area contributed by atoms with Crippen LogP contribution in [-0.4, -0.2) is 23.9 Å². The minimum atomic E-state index is -4.60. The predicted molar refractivity (Wildman–Crippen MR) is 71.7 cm³/mol. The second-order valence-corrected chi connectivity index (χ2v) is 6.34. The molecule has 6 heteroatoms. The van der Waals surface area contributed by atoms with Crippen LogP contribution in [0.2, 0.25) is 5.02 Å². The van der Waals surface area contributed by atoms with Crippen molar-refractivity contribution in [3.8, 4) is 0 Å². The summed E-state index contributed by atoms with van der Waals surface area (Å²) in [5.41, 5.74) is 1.77. The van der Waals surface area contributed by atoms with Crippen molar-refractivity contribution >= 4 is 11.6 Å². The number of nitrogens with one attached hydrogen (secondary N) is 1. The molecule has 1 aliphatic rings. The molecule has 1 aliphatic carbocycles. The van der Waals surface area contributed by atoms with E-state index in [1.807, 2.05) is 19.9 Å². The van der Waals surface area contributed by atoms with Gasteiger partial charge in [0.25, 0.3) is 0 Å². The summed E-state index contributed by atoms with van der Waals surface area (Å²) in [6.45, 7) is 3.45. The van der Waals surface area contributed by atoms with Crippen molar-refractivity contribution in [2.45, 2.75) is 38.6 Å². The third kappa shape index (κ3) is 3.10. The number of rotatable bonds is 3. The fourth-order valence-corrected chi connectivity index (χ4v) is 2.92. The Morgan fingerprint density at radius 1 is 1.45 bits per heavy atom. The second-order valence-electron chi connectivity index (χ2n) is 5.91. The highest BCUT2D eigenvalue weighted by Crippen LogP contribution is 2.45. The van der Waals surface area contributed by atoms with E-state index in [0.717, 1.165) is 17.5 Å². The first kappa shape index (κ1) is 15.6. The Hall–Kier alpha value is -0.780. The highest BCUT2D eigenvalue weighted by atomic mass is 35.5. The van der Waals surface area contributed by atoms with Gasteiger partial charge in [-0.15, -0.1) is 0 Å². The molecule has 0 aromatic heterocycles. The summed E-state index contributed by atoms with van der Waals surface area (Å²) in [5.74, 6) is 0. The molecule has 0 saturated heterocycles. The monoisotopic (exact) mass is 307 g/mol. The first-order valence-electron chi connectivity index (χ1n) is 6.38. The van der Waals surface area contributed by atoms with Crippen LogP contribution in [0.3, 0.4) is 0 Å². The molecule has 0 heterocycles. The zero-order valence-corrected chi connectivity index (χ0v) is 12.0. The summed E-state index contributed by atoms with van der Waals surface area (Å²) in [6.07, 6.45) is -6.20. The predicted octanol–water partition coefficient (Wildman–Crippen LogP) is 3.48. The fourth-order valence-electron chi connectivity index (χ4n) is 2.74. The van der Waals surface area contributed by atoms with E-state index in [-0.39, 0.29) is 11.5 Å². The minimum absolute atomic E-state index is 0.224. The van der Waals surface area contributed by atoms with Crippen LogP contribution in [-0.2, 0) is 6.42 Å². The molecular weight excluding hydrogens is 291 g/mol. The normalized spacial score (nSPS) is 22.6. The maximum atomic E-state index is 12.4. The Kier molecular flexibility index (Phi) is 4.06. The molecule has 0 aliphatic heterocycles. The molecule has 2 unspecified atom stereocenters. The Balaban J connectivity index is 2.17. The zero-order chi connectivity index (χ0) is 15.1. The smallest absolute Gasteiger partial charge is 0.382 e. The number of hydrogen-bond donors (Lipinski definition) is 2. The van der Waals surface area contributed by atoms with Crippen LogP contribution in [0.4, 0.5) is 13.2 Å². The van der Waals surface area contributed by atoms with Gasteiger partial charge in [0.1, 0.15) is 0 Å². The molecule has 2 rings (SSSR count). The van der Waals surface area contributed by atoms with Crippen LogP contribution in [0.5, 0.6) is 0 Å². The lowest BCUT2D eigenvalue weighted by atomic mass is 9.85. The lowest BCUT2D eigenvalue weighted by molar-refractivity contribution is -0.202. The molecule has 112 valence electrons. The molecule has 0 bridgehead atoms. The van der Waals surface area contributed by atoms with E-state index in [1.54, 1.807) is 12.1 Å². The Bertz CT molecular complexity index is 502. The van der Waals surface area contributed by atoms with Gasteiger partial charge in [-0.3, -0.25) is 0 Å². The molecule has 0 saturated carbocycles. The van der Waals surface area contributed by atoms with E-state index < -0.39 is 18.8 Å². The molecule has 0 spiro atoms. The minimum Gasteiger partial charge on any atom is -0.382 e. The molecule has 0 amide bonds. The van der Waals surface area contributed by atoms with Crippen LogP contribution >= 0.6 is 11.6 Å². The average molecular weight is 308 g/mol. The zero-order valence-electron chi connectivity index (χ0n) is 11.3. The molecule has 20 heavy (non-hydrogen) atoms. The van der Waals surface area contributed by atoms with Gasteiger partial charge >= 0.3 is 6.18 Å². The summed E-state index contributed by atoms with van der Waals surface area (Å²) in [5, 5.41) is 12.5. The van der Waals surface area contributed by atoms with Gasteiger partial charge in [0.2, 0.25) is 0 Å². The van der Waals surface area contributed by atoms with Gasteiger partial charge in [-0.05, 0) is 35.1 Å². The van der Waals surface area contributed by atoms with E-state index in [4.69, 9.17) is 16.7 Å². The third-order valence-electron chi connectivity index (χ3n) is 3.74. The molecular formula is C14H17ClF3NO. The molecule has 0 fully saturated rings. The number of hydrogen-bond acceptors (Lipinski definition) is 2. The van der Waals surface area contributed by atoms with E-state index in [0.29, 0.717) is 5.02 Å². The lowest BCUT2D eigenvalue weighted by Crippen LogP contribution is -2.42. The second kappa shape index (κ2) is 5.20. The molecule has 2 N–H and O–H groups in total. The number of benzene rings is 1. The summed E-state index contributed by atoms with van der Waals surface area (Å²) >= 11 is 5.96. The van der Waals surface area contributed by atoms with Gasteiger partial charge in [-0.25, -0.2) is 0 Å². The number of halogens is 4. The van der Waals surface area contributed by atoms with Gasteiger partial charge in [-0.2, -0.15) is 13.2 Å². The summed E-state index contributed by atoms with van der Waals surface area (Å²) in [7, 11) is 0. The summed E-state index contributed by atoms with van der Waals surface area (Å²) < 4.78 is 37.1. The SMILES string of the molecule is CC1(C)Cc2ccc(Cl)cc2C1NCC(O)C(F)(F)F. The average Bonchev–Trinajstić information content (AvgIpc) is 2.54. The van der Waals surface area contributed by atoms with Crippen molar-refractivity contribution in [3.63, 3.8) is 0 Å². The summed E-state index contributed by atoms with van der Waals surface area (Å²) in [6, 6.07) is 5.21. The van der Waals surface area contributed by atoms with E-state index in [9.17, 15) is 13.2 Å². The van der Waals surface area contributed by atoms with E-state index in [1.165, 1.54) is 0 Å². The number of alkyl halides is 3. The first-order valence-corrected chi connectivity index (χ1v) is 6.75. The quantitative estimate of drug-likeness (QED) is 0.896. The Morgan fingerprint density at radius 3 is 2.70 bits per heavy atom. The van der Waals surface area contributed by atoms with Crippen LogP contribution in [0.15, 0.2) is 18.2 Å². The standard InChI is InChI=1S/C14H17ClF3NO/c1-13(2)6-8-3-4-9(15)5-10(8)12(13)19-7-11(20)14(16,17)18/h3-5,11-12,19-20H,6-7H2,1-2H3. The number of aliphatic hydroxyl groups excluding tert-OH is 1. The summed E-state index contributed by atoms with van der Waals surface area (Å²) in [4.78, 5) is 0. The van der Waals surface area contributed by atoms with Crippen LogP contribution < -0.4 is 5.32 Å². The molecule has 2 nitrogen and oxygen atoms in total. The van der Waals surface area contributed by atoms with Crippen molar-refractivity contribution < 1.29 is 18.3 Å². The van der Waals surface area contributed by atoms with Crippen molar-refractivity contribution in [2.75, 3.05) is 6.54 Å². The number of fused-ring (bicyclic) bond motifs is 1. The lowest BCUT2D eigenvalue weighted by Gasteiger charge is -2.30. The highest BCUT2D eigenvalue weighted by Gasteiger charge is 2.42. The molecule has 2 atom stereocenters. The van der Waals surface area contributed by atoms with E-state index in [2.05, 4.69) is 5.32 Å². The van der Waals surface area contributed by atoms with Gasteiger partial charge in [0.05, 0.1) is 0 Å². The number of aliphatic hydroxyl groups is 1. The van der Waals surface area contributed by atoms with Gasteiger partial charge in [-0.1, -0.05) is 31.5 Å². The topological polar surface area (TPSA) is 32.3 Å². The van der Waals surface area contributed by atoms with Crippen molar-refractivity contribution in [3.05, 3.63) is 34.3 Å². The van der Waals surface area contributed by atoms with Gasteiger partial charge in [0, 0.05) is 17.6 Å². The van der Waals surface area contributed by atoms with Crippen molar-refractivity contribution in [1.82, 2.24) is 5.32 Å². The molecule has 0 radical (unpaired) electrons. The van der Waals surface area contributed by atoms with E-state index >= 15 is 0 Å². The molecule has 1 aromatic carbocycles. The van der Waals surface area contributed by atoms with Crippen LogP contribution in [0.1, 0.15) is 31.0 Å².